The molecule has 2 heterocycles. The summed E-state index contributed by atoms with van der Waals surface area (Å²) in [5.41, 5.74) is 1.14. The van der Waals surface area contributed by atoms with E-state index in [0.717, 1.165) is 5.56 Å². The Kier molecular flexibility index (Phi) is 6.60. The number of hydrogen-bond donors (Lipinski definition) is 2. The highest BCUT2D eigenvalue weighted by molar-refractivity contribution is 6.33. The van der Waals surface area contributed by atoms with Gasteiger partial charge in [-0.1, -0.05) is 31.5 Å². The van der Waals surface area contributed by atoms with Crippen molar-refractivity contribution in [2.45, 2.75) is 33.2 Å². The maximum Gasteiger partial charge on any atom is 0.253 e. The molecule has 1 amide bonds. The zero-order valence-corrected chi connectivity index (χ0v) is 18.9. The van der Waals surface area contributed by atoms with E-state index in [2.05, 4.69) is 20.3 Å². The lowest BCUT2D eigenvalue weighted by Crippen LogP contribution is -2.27. The summed E-state index contributed by atoms with van der Waals surface area (Å²) in [6.07, 6.45) is 6.02. The summed E-state index contributed by atoms with van der Waals surface area (Å²) in [6, 6.07) is 6.80. The van der Waals surface area contributed by atoms with Gasteiger partial charge in [-0.2, -0.15) is 0 Å². The average Bonchev–Trinajstić information content (AvgIpc) is 3.61. The van der Waals surface area contributed by atoms with Gasteiger partial charge in [-0.25, -0.2) is 9.98 Å². The summed E-state index contributed by atoms with van der Waals surface area (Å²) in [7, 11) is 0. The lowest BCUT2D eigenvalue weighted by Gasteiger charge is -2.21. The molecule has 1 aliphatic carbocycles. The molecule has 0 unspecified atom stereocenters. The minimum Gasteiger partial charge on any atom is -0.478 e. The second-order valence-electron chi connectivity index (χ2n) is 8.32. The third-order valence-electron chi connectivity index (χ3n) is 5.24. The number of aromatic amines is 1. The molecule has 2 N–H and O–H groups in total. The molecule has 0 spiro atoms. The van der Waals surface area contributed by atoms with Crippen molar-refractivity contribution in [1.29, 1.82) is 0 Å². The monoisotopic (exact) mass is 455 g/mol. The van der Waals surface area contributed by atoms with Crippen LogP contribution in [0.4, 0.5) is 5.82 Å². The first-order valence-electron chi connectivity index (χ1n) is 10.7. The Morgan fingerprint density at radius 1 is 1.34 bits per heavy atom. The fourth-order valence-electron chi connectivity index (χ4n) is 3.11. The van der Waals surface area contributed by atoms with Crippen molar-refractivity contribution in [3.05, 3.63) is 57.5 Å². The second-order valence-corrected chi connectivity index (χ2v) is 8.72. The molecule has 1 saturated carbocycles. The van der Waals surface area contributed by atoms with Gasteiger partial charge in [-0.15, -0.1) is 0 Å². The van der Waals surface area contributed by atoms with Crippen molar-refractivity contribution >= 4 is 29.2 Å². The molecule has 2 aromatic rings. The Hall–Kier alpha value is -3.13. The maximum atomic E-state index is 12.4. The number of anilines is 1. The van der Waals surface area contributed by atoms with Crippen molar-refractivity contribution < 1.29 is 9.53 Å². The predicted molar refractivity (Wildman–Crippen MR) is 125 cm³/mol. The lowest BCUT2D eigenvalue weighted by molar-refractivity contribution is -0.124. The first-order valence-corrected chi connectivity index (χ1v) is 11.1. The molecule has 1 aromatic carbocycles. The third-order valence-corrected chi connectivity index (χ3v) is 5.57. The van der Waals surface area contributed by atoms with E-state index in [0.29, 0.717) is 53.9 Å². The molecule has 0 bridgehead atoms. The molecule has 0 atom stereocenters. The molecule has 4 rings (SSSR count). The van der Waals surface area contributed by atoms with Gasteiger partial charge >= 0.3 is 0 Å². The highest BCUT2D eigenvalue weighted by Crippen LogP contribution is 2.29. The zero-order valence-electron chi connectivity index (χ0n) is 18.1. The number of ether oxygens (including phenoxy) is 1. The highest BCUT2D eigenvalue weighted by Gasteiger charge is 2.23. The van der Waals surface area contributed by atoms with Gasteiger partial charge in [-0.05, 0) is 36.5 Å². The number of benzene rings is 1. The number of aromatic nitrogens is 2. The van der Waals surface area contributed by atoms with E-state index in [-0.39, 0.29) is 17.4 Å². The van der Waals surface area contributed by atoms with Crippen LogP contribution in [0.25, 0.3) is 11.4 Å². The minimum absolute atomic E-state index is 0.0343. The number of amides is 1. The predicted octanol–water partition coefficient (Wildman–Crippen LogP) is 3.48. The van der Waals surface area contributed by atoms with Gasteiger partial charge in [-0.3, -0.25) is 9.59 Å². The number of carbonyl (C=O) groups excluding carboxylic acids is 1. The summed E-state index contributed by atoms with van der Waals surface area (Å²) >= 11 is 6.40. The lowest BCUT2D eigenvalue weighted by atomic mass is 10.1. The molecule has 1 aliphatic heterocycles. The topological polar surface area (TPSA) is 99.7 Å². The molecule has 1 fully saturated rings. The van der Waals surface area contributed by atoms with Gasteiger partial charge in [0.25, 0.3) is 5.56 Å². The van der Waals surface area contributed by atoms with Crippen LogP contribution < -0.4 is 15.8 Å². The van der Waals surface area contributed by atoms with Crippen LogP contribution in [0.15, 0.2) is 46.3 Å². The fraction of sp³-hybridized carbons (Fsp3) is 0.391. The second kappa shape index (κ2) is 9.56. The smallest absolute Gasteiger partial charge is 0.253 e. The van der Waals surface area contributed by atoms with Crippen LogP contribution in [-0.2, 0) is 16.1 Å². The zero-order chi connectivity index (χ0) is 22.7. The van der Waals surface area contributed by atoms with E-state index >= 15 is 0 Å². The van der Waals surface area contributed by atoms with E-state index in [1.54, 1.807) is 23.2 Å². The van der Waals surface area contributed by atoms with Crippen LogP contribution in [0.2, 0.25) is 5.02 Å². The minimum atomic E-state index is -0.298. The number of hydrogen-bond acceptors (Lipinski definition) is 6. The summed E-state index contributed by atoms with van der Waals surface area (Å²) in [5, 5.41) is 3.33. The van der Waals surface area contributed by atoms with Crippen LogP contribution in [0, 0.1) is 11.8 Å². The van der Waals surface area contributed by atoms with Crippen molar-refractivity contribution in [2.75, 3.05) is 18.2 Å². The quantitative estimate of drug-likeness (QED) is 0.665. The number of nitrogens with zero attached hydrogens (tertiary/aromatic N) is 3. The Morgan fingerprint density at radius 3 is 2.84 bits per heavy atom. The molecule has 2 aliphatic rings. The summed E-state index contributed by atoms with van der Waals surface area (Å²) in [4.78, 5) is 37.8. The Labute approximate surface area is 191 Å². The van der Waals surface area contributed by atoms with E-state index < -0.39 is 0 Å². The number of nitrogens with one attached hydrogen (secondary N) is 2. The number of H-pyrrole nitrogens is 1. The summed E-state index contributed by atoms with van der Waals surface area (Å²) in [5.74, 6) is 1.92. The van der Waals surface area contributed by atoms with Gasteiger partial charge < -0.3 is 19.9 Å². The van der Waals surface area contributed by atoms with Gasteiger partial charge in [0.05, 0.1) is 11.6 Å². The summed E-state index contributed by atoms with van der Waals surface area (Å²) in [6.45, 7) is 5.04. The fourth-order valence-corrected chi connectivity index (χ4v) is 3.31. The Bertz CT molecular complexity index is 1120. The largest absolute Gasteiger partial charge is 0.478 e. The van der Waals surface area contributed by atoms with Gasteiger partial charge in [0.2, 0.25) is 11.8 Å². The van der Waals surface area contributed by atoms with E-state index in [4.69, 9.17) is 16.3 Å². The standard InChI is InChI=1S/C23H26ClN5O3/c1-14(2)23(31)25-11-16-5-6-18(24)17(9-16)22-27-19(10-20(30)28-22)29-8-7-21(26-13-29)32-12-15-3-4-15/h5-10,14-15H,3-4,11-13H2,1-2H3,(H,25,31)(H,27,28,30). The molecule has 168 valence electrons. The van der Waals surface area contributed by atoms with Gasteiger partial charge in [0.15, 0.2) is 0 Å². The first-order chi connectivity index (χ1) is 15.4. The molecule has 0 saturated heterocycles. The Morgan fingerprint density at radius 2 is 2.16 bits per heavy atom. The molecule has 0 radical (unpaired) electrons. The normalized spacial score (nSPS) is 15.6. The van der Waals surface area contributed by atoms with E-state index in [9.17, 15) is 9.59 Å². The molecule has 32 heavy (non-hydrogen) atoms. The number of halogens is 1. The van der Waals surface area contributed by atoms with Crippen LogP contribution in [0.1, 0.15) is 32.3 Å². The van der Waals surface area contributed by atoms with Crippen molar-refractivity contribution in [1.82, 2.24) is 15.3 Å². The molecule has 9 heteroatoms. The third kappa shape index (κ3) is 5.56. The number of carbonyl (C=O) groups is 1. The van der Waals surface area contributed by atoms with E-state index in [1.165, 1.54) is 18.9 Å². The SMILES string of the molecule is CC(C)C(=O)NCc1ccc(Cl)c(-c2nc(N3C=CC(OCC4CC4)=NC3)cc(=O)[nH]2)c1. The van der Waals surface area contributed by atoms with Crippen LogP contribution >= 0.6 is 11.6 Å². The number of rotatable bonds is 7. The van der Waals surface area contributed by atoms with Crippen LogP contribution in [0.3, 0.4) is 0 Å². The van der Waals surface area contributed by atoms with Crippen LogP contribution in [0.5, 0.6) is 0 Å². The van der Waals surface area contributed by atoms with Gasteiger partial charge in [0.1, 0.15) is 18.3 Å². The first kappa shape index (κ1) is 22.1. The summed E-state index contributed by atoms with van der Waals surface area (Å²) < 4.78 is 5.69. The maximum absolute atomic E-state index is 12.4. The van der Waals surface area contributed by atoms with Crippen molar-refractivity contribution in [2.24, 2.45) is 16.8 Å². The average molecular weight is 456 g/mol. The van der Waals surface area contributed by atoms with Crippen molar-refractivity contribution in [3.8, 4) is 11.4 Å². The Balaban J connectivity index is 1.51. The van der Waals surface area contributed by atoms with Gasteiger partial charge in [0, 0.05) is 36.4 Å². The molecule has 1 aromatic heterocycles. The highest BCUT2D eigenvalue weighted by atomic mass is 35.5. The van der Waals surface area contributed by atoms with E-state index in [1.807, 2.05) is 26.0 Å². The molecular formula is C23H26ClN5O3. The number of aliphatic imine (C=N–C) groups is 1. The molecular weight excluding hydrogens is 430 g/mol. The van der Waals surface area contributed by atoms with Crippen molar-refractivity contribution in [3.63, 3.8) is 0 Å². The van der Waals surface area contributed by atoms with Crippen LogP contribution in [-0.4, -0.2) is 35.0 Å². The molecule has 8 nitrogen and oxygen atoms in total.